The maximum Gasteiger partial charge on any atom is 0.248 e. The van der Waals surface area contributed by atoms with Gasteiger partial charge in [0.05, 0.1) is 0 Å². The predicted octanol–water partition coefficient (Wildman–Crippen LogP) is 3.89. The summed E-state index contributed by atoms with van der Waals surface area (Å²) in [7, 11) is 0. The Labute approximate surface area is 104 Å². The molecule has 1 aromatic rings. The maximum atomic E-state index is 11.7. The van der Waals surface area contributed by atoms with E-state index in [2.05, 4.69) is 32.2 Å². The molecule has 0 aliphatic heterocycles. The molecule has 0 bridgehead atoms. The highest BCUT2D eigenvalue weighted by molar-refractivity contribution is 6.00. The number of para-hydroxylation sites is 1. The predicted molar refractivity (Wildman–Crippen MR) is 73.2 cm³/mol. The summed E-state index contributed by atoms with van der Waals surface area (Å²) in [6.07, 6.45) is 1.61. The van der Waals surface area contributed by atoms with Gasteiger partial charge in [0.15, 0.2) is 0 Å². The molecule has 17 heavy (non-hydrogen) atoms. The quantitative estimate of drug-likeness (QED) is 0.769. The standard InChI is InChI=1S/C15H21NO/c1-11(2)10-14(17)16-13-9-7-6-8-12(13)15(3,4)5/h6-10H,1-5H3,(H,16,17). The van der Waals surface area contributed by atoms with Crippen molar-refractivity contribution in [3.63, 3.8) is 0 Å². The molecule has 0 spiro atoms. The molecule has 0 aliphatic carbocycles. The third kappa shape index (κ3) is 4.06. The van der Waals surface area contributed by atoms with Crippen LogP contribution in [-0.4, -0.2) is 5.91 Å². The number of anilines is 1. The number of carbonyl (C=O) groups is 1. The summed E-state index contributed by atoms with van der Waals surface area (Å²) in [5.41, 5.74) is 3.06. The highest BCUT2D eigenvalue weighted by atomic mass is 16.1. The lowest BCUT2D eigenvalue weighted by atomic mass is 9.86. The Morgan fingerprint density at radius 1 is 1.18 bits per heavy atom. The molecule has 92 valence electrons. The van der Waals surface area contributed by atoms with E-state index in [1.54, 1.807) is 6.08 Å². The van der Waals surface area contributed by atoms with Crippen LogP contribution < -0.4 is 5.32 Å². The number of hydrogen-bond donors (Lipinski definition) is 1. The van der Waals surface area contributed by atoms with Crippen LogP contribution in [-0.2, 0) is 10.2 Å². The normalized spacial score (nSPS) is 10.9. The van der Waals surface area contributed by atoms with Crippen molar-refractivity contribution in [1.82, 2.24) is 0 Å². The average Bonchev–Trinajstić information content (AvgIpc) is 2.15. The van der Waals surface area contributed by atoms with Gasteiger partial charge < -0.3 is 5.32 Å². The zero-order valence-electron chi connectivity index (χ0n) is 11.3. The number of rotatable bonds is 2. The second-order valence-electron chi connectivity index (χ2n) is 5.51. The SMILES string of the molecule is CC(C)=CC(=O)Nc1ccccc1C(C)(C)C. The molecule has 0 atom stereocenters. The Hall–Kier alpha value is -1.57. The van der Waals surface area contributed by atoms with Crippen LogP contribution in [0.2, 0.25) is 0 Å². The molecule has 0 saturated heterocycles. The van der Waals surface area contributed by atoms with E-state index in [-0.39, 0.29) is 11.3 Å². The molecule has 1 rings (SSSR count). The van der Waals surface area contributed by atoms with Crippen molar-refractivity contribution >= 4 is 11.6 Å². The monoisotopic (exact) mass is 231 g/mol. The molecule has 0 radical (unpaired) electrons. The lowest BCUT2D eigenvalue weighted by Gasteiger charge is -2.22. The van der Waals surface area contributed by atoms with Crippen molar-refractivity contribution < 1.29 is 4.79 Å². The summed E-state index contributed by atoms with van der Waals surface area (Å²) < 4.78 is 0. The zero-order valence-corrected chi connectivity index (χ0v) is 11.3. The Morgan fingerprint density at radius 3 is 2.29 bits per heavy atom. The van der Waals surface area contributed by atoms with Crippen molar-refractivity contribution in [3.8, 4) is 0 Å². The van der Waals surface area contributed by atoms with Gasteiger partial charge in [-0.2, -0.15) is 0 Å². The van der Waals surface area contributed by atoms with Gasteiger partial charge in [0, 0.05) is 11.8 Å². The number of amides is 1. The molecule has 1 N–H and O–H groups in total. The summed E-state index contributed by atoms with van der Waals surface area (Å²) in [5.74, 6) is -0.0679. The van der Waals surface area contributed by atoms with Crippen LogP contribution in [0.4, 0.5) is 5.69 Å². The van der Waals surface area contributed by atoms with Gasteiger partial charge in [-0.25, -0.2) is 0 Å². The number of allylic oxidation sites excluding steroid dienone is 1. The fraction of sp³-hybridized carbons (Fsp3) is 0.400. The molecule has 0 saturated carbocycles. The van der Waals surface area contributed by atoms with Crippen LogP contribution in [0.15, 0.2) is 35.9 Å². The number of nitrogens with one attached hydrogen (secondary N) is 1. The van der Waals surface area contributed by atoms with Crippen molar-refractivity contribution in [1.29, 1.82) is 0 Å². The first-order valence-corrected chi connectivity index (χ1v) is 5.86. The van der Waals surface area contributed by atoms with E-state index in [1.165, 1.54) is 0 Å². The van der Waals surface area contributed by atoms with E-state index in [1.807, 2.05) is 32.0 Å². The van der Waals surface area contributed by atoms with Crippen LogP contribution in [0.1, 0.15) is 40.2 Å². The average molecular weight is 231 g/mol. The van der Waals surface area contributed by atoms with Gasteiger partial charge in [0.25, 0.3) is 0 Å². The van der Waals surface area contributed by atoms with E-state index in [9.17, 15) is 4.79 Å². The molecule has 0 fully saturated rings. The third-order valence-corrected chi connectivity index (χ3v) is 2.41. The number of benzene rings is 1. The van der Waals surface area contributed by atoms with Gasteiger partial charge in [-0.05, 0) is 30.9 Å². The van der Waals surface area contributed by atoms with Crippen molar-refractivity contribution in [2.75, 3.05) is 5.32 Å². The minimum atomic E-state index is -0.0679. The lowest BCUT2D eigenvalue weighted by Crippen LogP contribution is -2.17. The van der Waals surface area contributed by atoms with E-state index in [4.69, 9.17) is 0 Å². The first-order chi connectivity index (χ1) is 7.80. The van der Waals surface area contributed by atoms with Crippen molar-refractivity contribution in [2.24, 2.45) is 0 Å². The van der Waals surface area contributed by atoms with Crippen LogP contribution in [0.25, 0.3) is 0 Å². The molecular weight excluding hydrogens is 210 g/mol. The maximum absolute atomic E-state index is 11.7. The Morgan fingerprint density at radius 2 is 1.76 bits per heavy atom. The molecule has 2 heteroatoms. The molecule has 0 aliphatic rings. The molecule has 2 nitrogen and oxygen atoms in total. The highest BCUT2D eigenvalue weighted by Crippen LogP contribution is 2.29. The Bertz CT molecular complexity index is 434. The topological polar surface area (TPSA) is 29.1 Å². The van der Waals surface area contributed by atoms with Gasteiger partial charge in [-0.1, -0.05) is 44.5 Å². The Balaban J connectivity index is 3.00. The van der Waals surface area contributed by atoms with E-state index < -0.39 is 0 Å². The summed E-state index contributed by atoms with van der Waals surface area (Å²) in [6, 6.07) is 7.93. The van der Waals surface area contributed by atoms with Crippen LogP contribution in [0.5, 0.6) is 0 Å². The molecule has 0 unspecified atom stereocenters. The summed E-state index contributed by atoms with van der Waals surface area (Å²) in [4.78, 5) is 11.7. The van der Waals surface area contributed by atoms with Crippen LogP contribution >= 0.6 is 0 Å². The van der Waals surface area contributed by atoms with Gasteiger partial charge >= 0.3 is 0 Å². The van der Waals surface area contributed by atoms with Crippen LogP contribution in [0, 0.1) is 0 Å². The smallest absolute Gasteiger partial charge is 0.248 e. The van der Waals surface area contributed by atoms with Gasteiger partial charge in [-0.3, -0.25) is 4.79 Å². The third-order valence-electron chi connectivity index (χ3n) is 2.41. The minimum absolute atomic E-state index is 0.0227. The number of carbonyl (C=O) groups excluding carboxylic acids is 1. The second kappa shape index (κ2) is 5.17. The largest absolute Gasteiger partial charge is 0.322 e. The minimum Gasteiger partial charge on any atom is -0.322 e. The van der Waals surface area contributed by atoms with Gasteiger partial charge in [0.1, 0.15) is 0 Å². The molecule has 0 aromatic heterocycles. The summed E-state index contributed by atoms with van der Waals surface area (Å²) in [5, 5.41) is 2.93. The lowest BCUT2D eigenvalue weighted by molar-refractivity contribution is -0.111. The fourth-order valence-electron chi connectivity index (χ4n) is 1.68. The zero-order chi connectivity index (χ0) is 13.1. The fourth-order valence-corrected chi connectivity index (χ4v) is 1.68. The van der Waals surface area contributed by atoms with E-state index >= 15 is 0 Å². The van der Waals surface area contributed by atoms with Crippen molar-refractivity contribution in [2.45, 2.75) is 40.0 Å². The molecule has 1 aromatic carbocycles. The number of hydrogen-bond acceptors (Lipinski definition) is 1. The van der Waals surface area contributed by atoms with Crippen LogP contribution in [0.3, 0.4) is 0 Å². The summed E-state index contributed by atoms with van der Waals surface area (Å²) in [6.45, 7) is 10.2. The first-order valence-electron chi connectivity index (χ1n) is 5.86. The van der Waals surface area contributed by atoms with E-state index in [0.717, 1.165) is 16.8 Å². The second-order valence-corrected chi connectivity index (χ2v) is 5.51. The van der Waals surface area contributed by atoms with E-state index in [0.29, 0.717) is 0 Å². The Kier molecular flexibility index (Phi) is 4.11. The van der Waals surface area contributed by atoms with Crippen molar-refractivity contribution in [3.05, 3.63) is 41.5 Å². The highest BCUT2D eigenvalue weighted by Gasteiger charge is 2.17. The molecular formula is C15H21NO. The van der Waals surface area contributed by atoms with Gasteiger partial charge in [-0.15, -0.1) is 0 Å². The summed E-state index contributed by atoms with van der Waals surface area (Å²) >= 11 is 0. The molecule has 0 heterocycles. The first kappa shape index (κ1) is 13.5. The molecule has 1 amide bonds. The van der Waals surface area contributed by atoms with Gasteiger partial charge in [0.2, 0.25) is 5.91 Å².